The van der Waals surface area contributed by atoms with E-state index in [0.717, 1.165) is 56.2 Å². The van der Waals surface area contributed by atoms with E-state index in [2.05, 4.69) is 6.08 Å². The molecule has 5 heteroatoms. The van der Waals surface area contributed by atoms with Crippen LogP contribution in [0, 0.1) is 17.2 Å². The van der Waals surface area contributed by atoms with Crippen molar-refractivity contribution in [3.05, 3.63) is 59.7 Å². The van der Waals surface area contributed by atoms with Gasteiger partial charge in [0.25, 0.3) is 0 Å². The number of ether oxygens (including phenoxy) is 1. The lowest BCUT2D eigenvalue weighted by Crippen LogP contribution is -2.21. The molecule has 1 aromatic rings. The minimum Gasteiger partial charge on any atom is -0.374 e. The molecule has 1 aromatic carbocycles. The monoisotopic (exact) mass is 363 g/mol. The molecule has 0 aromatic heterocycles. The zero-order valence-corrected chi connectivity index (χ0v) is 14.7. The average Bonchev–Trinajstić information content (AvgIpc) is 2.63. The van der Waals surface area contributed by atoms with E-state index in [9.17, 15) is 13.2 Å². The maximum atomic E-state index is 12.5. The van der Waals surface area contributed by atoms with Crippen molar-refractivity contribution in [2.24, 2.45) is 5.92 Å². The fourth-order valence-corrected chi connectivity index (χ4v) is 3.20. The van der Waals surface area contributed by atoms with Crippen molar-refractivity contribution in [1.29, 1.82) is 5.26 Å². The molecule has 0 saturated heterocycles. The minimum absolute atomic E-state index is 0.197. The van der Waals surface area contributed by atoms with Crippen molar-refractivity contribution in [3.8, 4) is 6.07 Å². The Morgan fingerprint density at radius 3 is 2.38 bits per heavy atom. The molecule has 1 aliphatic carbocycles. The summed E-state index contributed by atoms with van der Waals surface area (Å²) in [6.45, 7) is 0.363. The first-order valence-electron chi connectivity index (χ1n) is 8.98. The Labute approximate surface area is 153 Å². The quantitative estimate of drug-likeness (QED) is 0.427. The van der Waals surface area contributed by atoms with Gasteiger partial charge in [0.15, 0.2) is 0 Å². The van der Waals surface area contributed by atoms with Gasteiger partial charge >= 0.3 is 6.18 Å². The number of alkyl halides is 3. The largest absolute Gasteiger partial charge is 0.416 e. The van der Waals surface area contributed by atoms with E-state index in [1.54, 1.807) is 6.08 Å². The predicted molar refractivity (Wildman–Crippen MR) is 95.1 cm³/mol. The second-order valence-electron chi connectivity index (χ2n) is 6.64. The lowest BCUT2D eigenvalue weighted by Gasteiger charge is -2.28. The summed E-state index contributed by atoms with van der Waals surface area (Å²) in [6.07, 6.45) is 9.50. The third kappa shape index (κ3) is 7.05. The summed E-state index contributed by atoms with van der Waals surface area (Å²) in [7, 11) is 0. The van der Waals surface area contributed by atoms with Gasteiger partial charge in [-0.15, -0.1) is 0 Å². The van der Waals surface area contributed by atoms with Crippen LogP contribution >= 0.6 is 0 Å². The molecule has 2 rings (SSSR count). The van der Waals surface area contributed by atoms with Gasteiger partial charge in [0.1, 0.15) is 0 Å². The van der Waals surface area contributed by atoms with Gasteiger partial charge in [0.05, 0.1) is 24.3 Å². The highest BCUT2D eigenvalue weighted by Gasteiger charge is 2.30. The number of nitriles is 1. The molecule has 140 valence electrons. The minimum atomic E-state index is -4.29. The molecule has 1 fully saturated rings. The Balaban J connectivity index is 1.65. The molecular formula is C21H24F3NO. The van der Waals surface area contributed by atoms with E-state index in [1.807, 2.05) is 12.1 Å². The number of hydrogen-bond acceptors (Lipinski definition) is 2. The van der Waals surface area contributed by atoms with Crippen molar-refractivity contribution in [1.82, 2.24) is 0 Å². The number of allylic oxidation sites excluding steroid dienone is 4. The summed E-state index contributed by atoms with van der Waals surface area (Å²) in [5.41, 5.74) is 0.148. The molecular weight excluding hydrogens is 339 g/mol. The standard InChI is InChI=1S/C21H24F3NO/c22-21(23,24)19-11-7-18(8-12-19)16-26-20-13-9-17(10-14-20)6-4-2-1-3-5-15-25/h1-3,5,7-8,11-12,17,20H,4,6,9-10,13-14,16H2. The zero-order chi connectivity index (χ0) is 18.8. The van der Waals surface area contributed by atoms with Crippen LogP contribution in [0.5, 0.6) is 0 Å². The van der Waals surface area contributed by atoms with Gasteiger partial charge in [-0.3, -0.25) is 0 Å². The maximum absolute atomic E-state index is 12.5. The Kier molecular flexibility index (Phi) is 7.93. The number of rotatable bonds is 7. The second-order valence-corrected chi connectivity index (χ2v) is 6.64. The van der Waals surface area contributed by atoms with E-state index in [-0.39, 0.29) is 6.10 Å². The van der Waals surface area contributed by atoms with E-state index >= 15 is 0 Å². The molecule has 0 spiro atoms. The summed E-state index contributed by atoms with van der Waals surface area (Å²) in [5.74, 6) is 0.700. The molecule has 0 N–H and O–H groups in total. The lowest BCUT2D eigenvalue weighted by atomic mass is 9.84. The van der Waals surface area contributed by atoms with Crippen molar-refractivity contribution in [2.75, 3.05) is 0 Å². The second kappa shape index (κ2) is 10.2. The van der Waals surface area contributed by atoms with Crippen molar-refractivity contribution >= 4 is 0 Å². The Bertz CT molecular complexity index is 633. The number of halogens is 3. The third-order valence-corrected chi connectivity index (χ3v) is 4.72. The van der Waals surface area contributed by atoms with Crippen LogP contribution in [-0.2, 0) is 17.5 Å². The highest BCUT2D eigenvalue weighted by Crippen LogP contribution is 2.31. The van der Waals surface area contributed by atoms with Crippen molar-refractivity contribution in [3.63, 3.8) is 0 Å². The first-order valence-corrected chi connectivity index (χ1v) is 8.98. The van der Waals surface area contributed by atoms with E-state index in [0.29, 0.717) is 12.5 Å². The van der Waals surface area contributed by atoms with Crippen LogP contribution in [0.3, 0.4) is 0 Å². The fourth-order valence-electron chi connectivity index (χ4n) is 3.20. The Hall–Kier alpha value is -2.06. The molecule has 0 heterocycles. The van der Waals surface area contributed by atoms with Crippen molar-refractivity contribution in [2.45, 2.75) is 57.4 Å². The van der Waals surface area contributed by atoms with Crippen LogP contribution < -0.4 is 0 Å². The zero-order valence-electron chi connectivity index (χ0n) is 14.7. The first kappa shape index (κ1) is 20.3. The number of nitrogens with zero attached hydrogens (tertiary/aromatic N) is 1. The van der Waals surface area contributed by atoms with Crippen LogP contribution in [-0.4, -0.2) is 6.10 Å². The molecule has 0 atom stereocenters. The van der Waals surface area contributed by atoms with Gasteiger partial charge in [-0.25, -0.2) is 0 Å². The Morgan fingerprint density at radius 2 is 1.77 bits per heavy atom. The van der Waals surface area contributed by atoms with Gasteiger partial charge in [-0.1, -0.05) is 30.4 Å². The molecule has 26 heavy (non-hydrogen) atoms. The summed E-state index contributed by atoms with van der Waals surface area (Å²) < 4.78 is 43.5. The highest BCUT2D eigenvalue weighted by molar-refractivity contribution is 5.24. The molecule has 0 amide bonds. The number of hydrogen-bond donors (Lipinski definition) is 0. The SMILES string of the molecule is N#CC=CC=CCCC1CCC(OCc2ccc(C(F)(F)F)cc2)CC1. The molecule has 1 saturated carbocycles. The summed E-state index contributed by atoms with van der Waals surface area (Å²) >= 11 is 0. The summed E-state index contributed by atoms with van der Waals surface area (Å²) in [5, 5.41) is 8.38. The van der Waals surface area contributed by atoms with Gasteiger partial charge in [-0.05, 0) is 62.1 Å². The first-order chi connectivity index (χ1) is 12.5. The molecule has 0 unspecified atom stereocenters. The average molecular weight is 363 g/mol. The van der Waals surface area contributed by atoms with Gasteiger partial charge < -0.3 is 4.74 Å². The molecule has 0 aliphatic heterocycles. The smallest absolute Gasteiger partial charge is 0.374 e. The Morgan fingerprint density at radius 1 is 1.08 bits per heavy atom. The van der Waals surface area contributed by atoms with Crippen LogP contribution in [0.2, 0.25) is 0 Å². The summed E-state index contributed by atoms with van der Waals surface area (Å²) in [4.78, 5) is 0. The predicted octanol–water partition coefficient (Wildman–Crippen LogP) is 6.20. The maximum Gasteiger partial charge on any atom is 0.416 e. The van der Waals surface area contributed by atoms with Gasteiger partial charge in [0, 0.05) is 6.08 Å². The van der Waals surface area contributed by atoms with Crippen LogP contribution in [0.25, 0.3) is 0 Å². The van der Waals surface area contributed by atoms with Crippen LogP contribution in [0.1, 0.15) is 49.7 Å². The summed E-state index contributed by atoms with van der Waals surface area (Å²) in [6, 6.07) is 7.14. The van der Waals surface area contributed by atoms with Crippen LogP contribution in [0.15, 0.2) is 48.6 Å². The van der Waals surface area contributed by atoms with Crippen LogP contribution in [0.4, 0.5) is 13.2 Å². The van der Waals surface area contributed by atoms with Gasteiger partial charge in [-0.2, -0.15) is 18.4 Å². The van der Waals surface area contributed by atoms with E-state index in [1.165, 1.54) is 18.2 Å². The topological polar surface area (TPSA) is 33.0 Å². The molecule has 2 nitrogen and oxygen atoms in total. The molecule has 0 radical (unpaired) electrons. The fraction of sp³-hybridized carbons (Fsp3) is 0.476. The lowest BCUT2D eigenvalue weighted by molar-refractivity contribution is -0.137. The van der Waals surface area contributed by atoms with Gasteiger partial charge in [0.2, 0.25) is 0 Å². The normalized spacial score (nSPS) is 21.3. The highest BCUT2D eigenvalue weighted by atomic mass is 19.4. The van der Waals surface area contributed by atoms with E-state index < -0.39 is 11.7 Å². The third-order valence-electron chi connectivity index (χ3n) is 4.72. The van der Waals surface area contributed by atoms with E-state index in [4.69, 9.17) is 10.00 Å². The molecule has 0 bridgehead atoms. The molecule has 1 aliphatic rings. The van der Waals surface area contributed by atoms with Crippen molar-refractivity contribution < 1.29 is 17.9 Å². The number of benzene rings is 1.